The van der Waals surface area contributed by atoms with E-state index in [4.69, 9.17) is 5.73 Å². The number of rotatable bonds is 2. The van der Waals surface area contributed by atoms with Gasteiger partial charge in [0.2, 0.25) is 0 Å². The van der Waals surface area contributed by atoms with Crippen molar-refractivity contribution in [2.45, 2.75) is 32.6 Å². The van der Waals surface area contributed by atoms with Gasteiger partial charge in [-0.3, -0.25) is 4.79 Å². The third-order valence-electron chi connectivity index (χ3n) is 4.55. The van der Waals surface area contributed by atoms with Crippen LogP contribution in [0.15, 0.2) is 23.3 Å². The lowest BCUT2D eigenvalue weighted by Gasteiger charge is -2.24. The number of aromatic amines is 1. The summed E-state index contributed by atoms with van der Waals surface area (Å²) in [4.78, 5) is 21.0. The maximum absolute atomic E-state index is 11.8. The summed E-state index contributed by atoms with van der Waals surface area (Å²) in [5.74, 6) is 0.817. The minimum atomic E-state index is -0.139. The molecule has 0 saturated carbocycles. The SMILES string of the molecule is CCC1CCCN(c2cc3nc[nH]c(=O)c3cc2N)CC1. The quantitative estimate of drug-likeness (QED) is 0.832. The van der Waals surface area contributed by atoms with Gasteiger partial charge in [0.1, 0.15) is 0 Å². The molecule has 0 amide bonds. The number of hydrogen-bond acceptors (Lipinski definition) is 4. The molecule has 1 aromatic carbocycles. The number of aromatic nitrogens is 2. The predicted molar refractivity (Wildman–Crippen MR) is 86.6 cm³/mol. The highest BCUT2D eigenvalue weighted by atomic mass is 16.1. The average molecular weight is 286 g/mol. The Morgan fingerprint density at radius 2 is 2.24 bits per heavy atom. The van der Waals surface area contributed by atoms with E-state index in [1.54, 1.807) is 6.07 Å². The molecule has 2 heterocycles. The molecule has 0 radical (unpaired) electrons. The molecule has 0 aliphatic carbocycles. The number of nitrogens with one attached hydrogen (secondary N) is 1. The van der Waals surface area contributed by atoms with E-state index in [1.807, 2.05) is 6.07 Å². The average Bonchev–Trinajstić information content (AvgIpc) is 2.73. The van der Waals surface area contributed by atoms with E-state index in [9.17, 15) is 4.79 Å². The van der Waals surface area contributed by atoms with Crippen LogP contribution in [0.25, 0.3) is 10.9 Å². The van der Waals surface area contributed by atoms with Crippen LogP contribution in [0.5, 0.6) is 0 Å². The maximum atomic E-state index is 11.8. The smallest absolute Gasteiger partial charge is 0.258 e. The maximum Gasteiger partial charge on any atom is 0.258 e. The second-order valence-corrected chi connectivity index (χ2v) is 5.85. The van der Waals surface area contributed by atoms with Gasteiger partial charge in [-0.1, -0.05) is 13.3 Å². The molecule has 3 N–H and O–H groups in total. The van der Waals surface area contributed by atoms with Crippen molar-refractivity contribution in [2.75, 3.05) is 23.7 Å². The molecule has 1 aromatic heterocycles. The Balaban J connectivity index is 1.96. The summed E-state index contributed by atoms with van der Waals surface area (Å²) in [5.41, 5.74) is 8.43. The lowest BCUT2D eigenvalue weighted by atomic mass is 9.98. The summed E-state index contributed by atoms with van der Waals surface area (Å²) in [6.07, 6.45) is 6.38. The van der Waals surface area contributed by atoms with Crippen LogP contribution in [0.4, 0.5) is 11.4 Å². The Labute approximate surface area is 124 Å². The van der Waals surface area contributed by atoms with Gasteiger partial charge in [-0.15, -0.1) is 0 Å². The fourth-order valence-electron chi connectivity index (χ4n) is 3.21. The zero-order valence-electron chi connectivity index (χ0n) is 12.4. The first-order valence-electron chi connectivity index (χ1n) is 7.71. The molecule has 1 fully saturated rings. The molecule has 21 heavy (non-hydrogen) atoms. The predicted octanol–water partition coefficient (Wildman–Crippen LogP) is 2.52. The van der Waals surface area contributed by atoms with Gasteiger partial charge in [-0.25, -0.2) is 4.98 Å². The van der Waals surface area contributed by atoms with E-state index in [0.717, 1.165) is 24.7 Å². The molecule has 5 heteroatoms. The van der Waals surface area contributed by atoms with Crippen LogP contribution in [0.1, 0.15) is 32.6 Å². The Morgan fingerprint density at radius 1 is 1.38 bits per heavy atom. The van der Waals surface area contributed by atoms with Crippen LogP contribution in [0.3, 0.4) is 0 Å². The number of benzene rings is 1. The van der Waals surface area contributed by atoms with E-state index in [2.05, 4.69) is 21.8 Å². The van der Waals surface area contributed by atoms with E-state index in [0.29, 0.717) is 16.6 Å². The monoisotopic (exact) mass is 286 g/mol. The number of nitrogen functional groups attached to an aromatic ring is 1. The van der Waals surface area contributed by atoms with Gasteiger partial charge in [0.25, 0.3) is 5.56 Å². The highest BCUT2D eigenvalue weighted by Crippen LogP contribution is 2.30. The molecule has 1 atom stereocenters. The van der Waals surface area contributed by atoms with E-state index < -0.39 is 0 Å². The highest BCUT2D eigenvalue weighted by Gasteiger charge is 2.18. The first-order chi connectivity index (χ1) is 10.2. The molecule has 1 unspecified atom stereocenters. The molecule has 1 aliphatic heterocycles. The van der Waals surface area contributed by atoms with Crippen molar-refractivity contribution in [3.8, 4) is 0 Å². The summed E-state index contributed by atoms with van der Waals surface area (Å²) in [6.45, 7) is 4.31. The lowest BCUT2D eigenvalue weighted by molar-refractivity contribution is 0.459. The largest absolute Gasteiger partial charge is 0.397 e. The molecule has 2 aromatic rings. The Bertz CT molecular complexity index is 694. The number of hydrogen-bond donors (Lipinski definition) is 2. The first-order valence-corrected chi connectivity index (χ1v) is 7.71. The van der Waals surface area contributed by atoms with Crippen LogP contribution in [-0.4, -0.2) is 23.1 Å². The van der Waals surface area contributed by atoms with E-state index >= 15 is 0 Å². The van der Waals surface area contributed by atoms with Gasteiger partial charge in [-0.2, -0.15) is 0 Å². The van der Waals surface area contributed by atoms with Gasteiger partial charge in [0, 0.05) is 13.1 Å². The zero-order chi connectivity index (χ0) is 14.8. The summed E-state index contributed by atoms with van der Waals surface area (Å²) in [5, 5.41) is 0.556. The van der Waals surface area contributed by atoms with Crippen molar-refractivity contribution >= 4 is 22.3 Å². The third kappa shape index (κ3) is 2.73. The van der Waals surface area contributed by atoms with Crippen molar-refractivity contribution in [1.82, 2.24) is 9.97 Å². The first kappa shape index (κ1) is 13.9. The Morgan fingerprint density at radius 3 is 3.05 bits per heavy atom. The standard InChI is InChI=1S/C16H22N4O/c1-2-11-4-3-6-20(7-5-11)15-9-14-12(8-13(15)17)16(21)19-10-18-14/h8-11H,2-7,17H2,1H3,(H,18,19,21). The van der Waals surface area contributed by atoms with Crippen LogP contribution >= 0.6 is 0 Å². The fraction of sp³-hybridized carbons (Fsp3) is 0.500. The fourth-order valence-corrected chi connectivity index (χ4v) is 3.21. The summed E-state index contributed by atoms with van der Waals surface area (Å²) in [7, 11) is 0. The summed E-state index contributed by atoms with van der Waals surface area (Å²) in [6, 6.07) is 3.70. The molecule has 5 nitrogen and oxygen atoms in total. The molecular formula is C16H22N4O. The van der Waals surface area contributed by atoms with Crippen LogP contribution in [0, 0.1) is 5.92 Å². The molecular weight excluding hydrogens is 264 g/mol. The molecule has 3 rings (SSSR count). The Kier molecular flexibility index (Phi) is 3.82. The number of nitrogens with zero attached hydrogens (tertiary/aromatic N) is 2. The Hall–Kier alpha value is -2.04. The lowest BCUT2D eigenvalue weighted by Crippen LogP contribution is -2.25. The highest BCUT2D eigenvalue weighted by molar-refractivity contribution is 5.88. The second-order valence-electron chi connectivity index (χ2n) is 5.85. The van der Waals surface area contributed by atoms with Crippen LogP contribution in [0.2, 0.25) is 0 Å². The van der Waals surface area contributed by atoms with Crippen LogP contribution in [-0.2, 0) is 0 Å². The van der Waals surface area contributed by atoms with Gasteiger partial charge in [0.15, 0.2) is 0 Å². The molecule has 1 aliphatic rings. The summed E-state index contributed by atoms with van der Waals surface area (Å²) >= 11 is 0. The number of anilines is 2. The van der Waals surface area contributed by atoms with E-state index in [1.165, 1.54) is 32.0 Å². The van der Waals surface area contributed by atoms with Crippen molar-refractivity contribution in [2.24, 2.45) is 5.92 Å². The number of fused-ring (bicyclic) bond motifs is 1. The number of H-pyrrole nitrogens is 1. The van der Waals surface area contributed by atoms with Crippen molar-refractivity contribution in [3.63, 3.8) is 0 Å². The van der Waals surface area contributed by atoms with Crippen molar-refractivity contribution < 1.29 is 0 Å². The summed E-state index contributed by atoms with van der Waals surface area (Å²) < 4.78 is 0. The van der Waals surface area contributed by atoms with Gasteiger partial charge in [-0.05, 0) is 37.3 Å². The third-order valence-corrected chi connectivity index (χ3v) is 4.55. The minimum Gasteiger partial charge on any atom is -0.397 e. The zero-order valence-corrected chi connectivity index (χ0v) is 12.4. The van der Waals surface area contributed by atoms with Crippen molar-refractivity contribution in [1.29, 1.82) is 0 Å². The van der Waals surface area contributed by atoms with E-state index in [-0.39, 0.29) is 5.56 Å². The van der Waals surface area contributed by atoms with Crippen molar-refractivity contribution in [3.05, 3.63) is 28.8 Å². The normalized spacial score (nSPS) is 19.7. The molecule has 0 bridgehead atoms. The van der Waals surface area contributed by atoms with Gasteiger partial charge >= 0.3 is 0 Å². The minimum absolute atomic E-state index is 0.139. The van der Waals surface area contributed by atoms with Crippen LogP contribution < -0.4 is 16.2 Å². The molecule has 0 spiro atoms. The molecule has 1 saturated heterocycles. The molecule has 112 valence electrons. The topological polar surface area (TPSA) is 75.0 Å². The van der Waals surface area contributed by atoms with Gasteiger partial charge < -0.3 is 15.6 Å². The second kappa shape index (κ2) is 5.76. The van der Waals surface area contributed by atoms with Gasteiger partial charge in [0.05, 0.1) is 28.6 Å². The number of nitrogens with two attached hydrogens (primary N) is 1.